The predicted octanol–water partition coefficient (Wildman–Crippen LogP) is -2.68. The van der Waals surface area contributed by atoms with E-state index in [1.54, 1.807) is 3.33 Å². The fraction of sp³-hybridized carbons (Fsp3) is 0.333. The van der Waals surface area contributed by atoms with Crippen LogP contribution < -0.4 is 24.8 Å². The smallest absolute Gasteiger partial charge is 1.00 e. The molecule has 0 N–H and O–H groups in total. The van der Waals surface area contributed by atoms with Crippen LogP contribution in [-0.2, 0) is 24.4 Å². The van der Waals surface area contributed by atoms with Crippen LogP contribution in [0.2, 0.25) is 0 Å². The van der Waals surface area contributed by atoms with Gasteiger partial charge < -0.3 is 24.8 Å². The monoisotopic (exact) mass is 407 g/mol. The molecule has 0 amide bonds. The number of hydrogen-bond acceptors (Lipinski definition) is 0. The Hall–Kier alpha value is 0.410. The van der Waals surface area contributed by atoms with E-state index in [0.717, 1.165) is 0 Å². The first-order chi connectivity index (χ1) is 6.09. The summed E-state index contributed by atoms with van der Waals surface area (Å²) in [6.45, 7) is 6.71. The van der Waals surface area contributed by atoms with Crippen molar-refractivity contribution in [3.8, 4) is 0 Å². The van der Waals surface area contributed by atoms with Gasteiger partial charge >= 0.3 is 94.9 Å². The number of benzene rings is 1. The molecule has 1 aliphatic rings. The fourth-order valence-corrected chi connectivity index (χ4v) is 2.94. The van der Waals surface area contributed by atoms with Gasteiger partial charge in [0.15, 0.2) is 0 Å². The summed E-state index contributed by atoms with van der Waals surface area (Å²) in [5, 5.41) is 0. The summed E-state index contributed by atoms with van der Waals surface area (Å²) in [7, 11) is 0. The van der Waals surface area contributed by atoms with Crippen LogP contribution in [0.3, 0.4) is 0 Å². The Labute approximate surface area is 119 Å². The standard InChI is InChI=1S/C12H13.2ClH.Hf/c1-8-4-5-11-6-9(2)10(3)7-12(8)11;;;/h5-8H,1-3H3;2*1H;/q;;;+2/p-2. The normalized spacial score (nSPS) is 17.4. The summed E-state index contributed by atoms with van der Waals surface area (Å²) in [4.78, 5) is 0. The van der Waals surface area contributed by atoms with Crippen LogP contribution in [-0.4, -0.2) is 0 Å². The average Bonchev–Trinajstić information content (AvgIpc) is 2.32. The van der Waals surface area contributed by atoms with Gasteiger partial charge in [-0.25, -0.2) is 0 Å². The summed E-state index contributed by atoms with van der Waals surface area (Å²) < 4.78 is 1.63. The number of hydrogen-bond donors (Lipinski definition) is 0. The minimum Gasteiger partial charge on any atom is -1.00 e. The Balaban J connectivity index is 0.000000980. The summed E-state index contributed by atoms with van der Waals surface area (Å²) in [6, 6.07) is 4.68. The van der Waals surface area contributed by atoms with Gasteiger partial charge in [-0.3, -0.25) is 0 Å². The largest absolute Gasteiger partial charge is 1.00 e. The summed E-state index contributed by atoms with van der Waals surface area (Å²) in [5.41, 5.74) is 5.84. The fourth-order valence-electron chi connectivity index (χ4n) is 1.82. The van der Waals surface area contributed by atoms with Crippen molar-refractivity contribution in [2.24, 2.45) is 0 Å². The second-order valence-electron chi connectivity index (χ2n) is 3.89. The van der Waals surface area contributed by atoms with Crippen molar-refractivity contribution in [3.63, 3.8) is 0 Å². The third-order valence-corrected chi connectivity index (χ3v) is 5.02. The molecule has 3 heteroatoms. The number of rotatable bonds is 0. The number of fused-ring (bicyclic) bond motifs is 1. The van der Waals surface area contributed by atoms with E-state index in [1.807, 2.05) is 0 Å². The SMILES string of the molecule is Cc1cc2c(cc1C)C(C)[C]([Hf+2])=C2.[Cl-].[Cl-]. The Morgan fingerprint density at radius 2 is 1.60 bits per heavy atom. The van der Waals surface area contributed by atoms with Gasteiger partial charge in [-0.05, 0) is 0 Å². The molecule has 0 bridgehead atoms. The third kappa shape index (κ3) is 2.75. The second-order valence-corrected chi connectivity index (χ2v) is 5.96. The van der Waals surface area contributed by atoms with Crippen LogP contribution in [0.15, 0.2) is 15.5 Å². The van der Waals surface area contributed by atoms with E-state index in [9.17, 15) is 0 Å². The molecule has 0 fully saturated rings. The summed E-state index contributed by atoms with van der Waals surface area (Å²) in [6.07, 6.45) is 2.37. The van der Waals surface area contributed by atoms with Gasteiger partial charge in [0.05, 0.1) is 0 Å². The van der Waals surface area contributed by atoms with E-state index < -0.39 is 0 Å². The molecule has 0 spiro atoms. The number of aryl methyl sites for hydroxylation is 2. The van der Waals surface area contributed by atoms with Crippen molar-refractivity contribution in [2.45, 2.75) is 26.7 Å². The third-order valence-electron chi connectivity index (χ3n) is 2.94. The van der Waals surface area contributed by atoms with Gasteiger partial charge in [0, 0.05) is 0 Å². The molecule has 0 radical (unpaired) electrons. The minimum absolute atomic E-state index is 0. The van der Waals surface area contributed by atoms with Crippen LogP contribution in [0, 0.1) is 13.8 Å². The zero-order chi connectivity index (χ0) is 9.59. The Kier molecular flexibility index (Phi) is 5.81. The van der Waals surface area contributed by atoms with E-state index in [-0.39, 0.29) is 24.8 Å². The molecule has 1 aromatic carbocycles. The Morgan fingerprint density at radius 3 is 2.20 bits per heavy atom. The topological polar surface area (TPSA) is 0 Å². The Bertz CT molecular complexity index is 397. The number of halogens is 2. The molecule has 1 aromatic rings. The van der Waals surface area contributed by atoms with Crippen molar-refractivity contribution in [3.05, 3.63) is 37.7 Å². The molecule has 0 heterocycles. The maximum Gasteiger partial charge on any atom is -1.00 e. The predicted molar refractivity (Wildman–Crippen MR) is 52.3 cm³/mol. The minimum atomic E-state index is 0. The second kappa shape index (κ2) is 5.65. The zero-order valence-electron chi connectivity index (χ0n) is 9.07. The molecular weight excluding hydrogens is 394 g/mol. The molecular formula is C12H13Cl2Hf. The first kappa shape index (κ1) is 15.4. The average molecular weight is 407 g/mol. The van der Waals surface area contributed by atoms with Crippen LogP contribution in [0.4, 0.5) is 0 Å². The molecule has 0 saturated heterocycles. The van der Waals surface area contributed by atoms with E-state index >= 15 is 0 Å². The van der Waals surface area contributed by atoms with Gasteiger partial charge in [0.1, 0.15) is 0 Å². The molecule has 0 aromatic heterocycles. The maximum absolute atomic E-state index is 2.37. The molecule has 1 atom stereocenters. The van der Waals surface area contributed by atoms with Gasteiger partial charge in [0.2, 0.25) is 0 Å². The molecule has 0 saturated carbocycles. The first-order valence-corrected chi connectivity index (χ1v) is 6.43. The zero-order valence-corrected chi connectivity index (χ0v) is 14.2. The van der Waals surface area contributed by atoms with Gasteiger partial charge in [-0.2, -0.15) is 0 Å². The first-order valence-electron chi connectivity index (χ1n) is 4.64. The van der Waals surface area contributed by atoms with Crippen LogP contribution >= 0.6 is 0 Å². The van der Waals surface area contributed by atoms with Crippen molar-refractivity contribution >= 4 is 6.08 Å². The van der Waals surface area contributed by atoms with Crippen molar-refractivity contribution in [2.75, 3.05) is 0 Å². The van der Waals surface area contributed by atoms with Crippen LogP contribution in [0.25, 0.3) is 6.08 Å². The molecule has 0 nitrogen and oxygen atoms in total. The van der Waals surface area contributed by atoms with Gasteiger partial charge in [0.25, 0.3) is 0 Å². The number of allylic oxidation sites excluding steroid dienone is 1. The summed E-state index contributed by atoms with van der Waals surface area (Å²) in [5.74, 6) is 0.681. The van der Waals surface area contributed by atoms with Crippen molar-refractivity contribution < 1.29 is 49.2 Å². The van der Waals surface area contributed by atoms with E-state index in [1.165, 1.54) is 46.6 Å². The molecule has 79 valence electrons. The summed E-state index contributed by atoms with van der Waals surface area (Å²) >= 11 is 1.20. The molecule has 15 heavy (non-hydrogen) atoms. The van der Waals surface area contributed by atoms with E-state index in [0.29, 0.717) is 5.92 Å². The molecule has 1 unspecified atom stereocenters. The quantitative estimate of drug-likeness (QED) is 0.412. The Morgan fingerprint density at radius 1 is 1.07 bits per heavy atom. The van der Waals surface area contributed by atoms with Crippen molar-refractivity contribution in [1.82, 2.24) is 0 Å². The van der Waals surface area contributed by atoms with E-state index in [4.69, 9.17) is 0 Å². The molecule has 0 aliphatic heterocycles. The van der Waals surface area contributed by atoms with Gasteiger partial charge in [-0.1, -0.05) is 0 Å². The van der Waals surface area contributed by atoms with Crippen LogP contribution in [0.1, 0.15) is 35.1 Å². The van der Waals surface area contributed by atoms with Crippen molar-refractivity contribution in [1.29, 1.82) is 0 Å². The van der Waals surface area contributed by atoms with E-state index in [2.05, 4.69) is 39.0 Å². The van der Waals surface area contributed by atoms with Gasteiger partial charge in [-0.15, -0.1) is 0 Å². The molecule has 1 aliphatic carbocycles. The maximum atomic E-state index is 2.37. The van der Waals surface area contributed by atoms with Crippen LogP contribution in [0.5, 0.6) is 0 Å². The molecule has 2 rings (SSSR count).